The lowest BCUT2D eigenvalue weighted by atomic mass is 10.3. The van der Waals surface area contributed by atoms with Gasteiger partial charge in [0, 0.05) is 12.1 Å². The fourth-order valence-electron chi connectivity index (χ4n) is 1.29. The van der Waals surface area contributed by atoms with E-state index in [1.165, 1.54) is 24.3 Å². The van der Waals surface area contributed by atoms with Crippen LogP contribution in [0.15, 0.2) is 39.3 Å². The maximum absolute atomic E-state index is 11.1. The molecule has 0 fully saturated rings. The SMILES string of the molecule is Nc1[nH]c(=O)nc(N=Nc2ccc([N+](=O)[O-])cc2)c1O. The summed E-state index contributed by atoms with van der Waals surface area (Å²) >= 11 is 0. The number of hydrogen-bond donors (Lipinski definition) is 3. The van der Waals surface area contributed by atoms with Gasteiger partial charge in [0.15, 0.2) is 5.82 Å². The molecule has 1 heterocycles. The van der Waals surface area contributed by atoms with Crippen molar-refractivity contribution >= 4 is 23.0 Å². The van der Waals surface area contributed by atoms with Gasteiger partial charge in [-0.15, -0.1) is 10.2 Å². The Morgan fingerprint density at radius 1 is 1.30 bits per heavy atom. The molecule has 0 amide bonds. The predicted octanol–water partition coefficient (Wildman–Crippen LogP) is 1.38. The number of aromatic amines is 1. The Kier molecular flexibility index (Phi) is 3.37. The second-order valence-corrected chi connectivity index (χ2v) is 3.60. The molecule has 2 aromatic rings. The van der Waals surface area contributed by atoms with E-state index in [2.05, 4.69) is 20.2 Å². The molecule has 0 unspecified atom stereocenters. The Labute approximate surface area is 110 Å². The number of nitrogens with two attached hydrogens (primary N) is 1. The molecule has 1 aromatic carbocycles. The lowest BCUT2D eigenvalue weighted by Crippen LogP contribution is -2.11. The number of H-pyrrole nitrogens is 1. The Morgan fingerprint density at radius 3 is 2.55 bits per heavy atom. The largest absolute Gasteiger partial charge is 0.502 e. The lowest BCUT2D eigenvalue weighted by Gasteiger charge is -1.99. The Bertz CT molecular complexity index is 736. The summed E-state index contributed by atoms with van der Waals surface area (Å²) in [6, 6.07) is 5.20. The van der Waals surface area contributed by atoms with Gasteiger partial charge in [-0.2, -0.15) is 4.98 Å². The van der Waals surface area contributed by atoms with E-state index in [1.54, 1.807) is 0 Å². The number of benzene rings is 1. The topological polar surface area (TPSA) is 160 Å². The van der Waals surface area contributed by atoms with Crippen molar-refractivity contribution in [3.63, 3.8) is 0 Å². The van der Waals surface area contributed by atoms with Gasteiger partial charge >= 0.3 is 5.69 Å². The summed E-state index contributed by atoms with van der Waals surface area (Å²) in [6.45, 7) is 0. The number of aromatic hydroxyl groups is 1. The van der Waals surface area contributed by atoms with Crippen LogP contribution >= 0.6 is 0 Å². The normalized spacial score (nSPS) is 10.8. The van der Waals surface area contributed by atoms with Gasteiger partial charge in [-0.25, -0.2) is 4.79 Å². The van der Waals surface area contributed by atoms with E-state index in [1.807, 2.05) is 0 Å². The van der Waals surface area contributed by atoms with Crippen molar-refractivity contribution in [3.05, 3.63) is 44.9 Å². The van der Waals surface area contributed by atoms with Crippen molar-refractivity contribution in [1.82, 2.24) is 9.97 Å². The number of nitrogen functional groups attached to an aromatic ring is 1. The van der Waals surface area contributed by atoms with Crippen LogP contribution in [0.25, 0.3) is 0 Å². The van der Waals surface area contributed by atoms with Crippen LogP contribution in [0.2, 0.25) is 0 Å². The molecule has 2 rings (SSSR count). The number of hydrogen-bond acceptors (Lipinski definition) is 8. The first-order valence-electron chi connectivity index (χ1n) is 5.22. The summed E-state index contributed by atoms with van der Waals surface area (Å²) in [5.41, 5.74) is 4.74. The first-order valence-corrected chi connectivity index (χ1v) is 5.22. The molecule has 0 saturated heterocycles. The van der Waals surface area contributed by atoms with Gasteiger partial charge in [0.1, 0.15) is 0 Å². The minimum Gasteiger partial charge on any atom is -0.502 e. The molecule has 0 spiro atoms. The number of anilines is 1. The highest BCUT2D eigenvalue weighted by Crippen LogP contribution is 2.28. The highest BCUT2D eigenvalue weighted by molar-refractivity contribution is 5.57. The van der Waals surface area contributed by atoms with E-state index in [0.717, 1.165) is 0 Å². The number of nitro groups is 1. The molecule has 0 saturated carbocycles. The minimum absolute atomic E-state index is 0.0923. The first kappa shape index (κ1) is 13.1. The molecule has 0 aliphatic heterocycles. The maximum atomic E-state index is 11.1. The van der Waals surface area contributed by atoms with E-state index in [9.17, 15) is 20.0 Å². The van der Waals surface area contributed by atoms with Crippen LogP contribution in [0.5, 0.6) is 5.75 Å². The Balaban J connectivity index is 2.30. The third-order valence-electron chi connectivity index (χ3n) is 2.24. The van der Waals surface area contributed by atoms with E-state index in [-0.39, 0.29) is 23.0 Å². The Hall–Kier alpha value is -3.30. The number of nitrogens with one attached hydrogen (secondary N) is 1. The van der Waals surface area contributed by atoms with Crippen LogP contribution < -0.4 is 11.4 Å². The van der Waals surface area contributed by atoms with Crippen molar-refractivity contribution in [2.24, 2.45) is 10.2 Å². The van der Waals surface area contributed by atoms with Crippen LogP contribution in [0, 0.1) is 10.1 Å². The summed E-state index contributed by atoms with van der Waals surface area (Å²) in [6.07, 6.45) is 0. The van der Waals surface area contributed by atoms with Gasteiger partial charge in [-0.3, -0.25) is 15.1 Å². The smallest absolute Gasteiger partial charge is 0.348 e. The molecule has 20 heavy (non-hydrogen) atoms. The van der Waals surface area contributed by atoms with Crippen molar-refractivity contribution < 1.29 is 10.0 Å². The van der Waals surface area contributed by atoms with Crippen molar-refractivity contribution in [2.45, 2.75) is 0 Å². The van der Waals surface area contributed by atoms with E-state index in [4.69, 9.17) is 5.73 Å². The average molecular weight is 276 g/mol. The number of rotatable bonds is 3. The number of nitro benzene ring substituents is 1. The monoisotopic (exact) mass is 276 g/mol. The molecule has 4 N–H and O–H groups in total. The van der Waals surface area contributed by atoms with E-state index in [0.29, 0.717) is 0 Å². The highest BCUT2D eigenvalue weighted by Gasteiger charge is 2.08. The minimum atomic E-state index is -0.780. The zero-order chi connectivity index (χ0) is 14.7. The molecule has 0 bridgehead atoms. The fraction of sp³-hybridized carbons (Fsp3) is 0. The van der Waals surface area contributed by atoms with Gasteiger partial charge in [0.25, 0.3) is 5.69 Å². The molecule has 0 atom stereocenters. The van der Waals surface area contributed by atoms with E-state index < -0.39 is 16.4 Å². The number of nitrogens with zero attached hydrogens (tertiary/aromatic N) is 4. The third kappa shape index (κ3) is 2.75. The first-order chi connectivity index (χ1) is 9.47. The molecule has 102 valence electrons. The number of azo groups is 1. The van der Waals surface area contributed by atoms with Gasteiger partial charge < -0.3 is 10.8 Å². The average Bonchev–Trinajstić information content (AvgIpc) is 2.41. The fourth-order valence-corrected chi connectivity index (χ4v) is 1.29. The van der Waals surface area contributed by atoms with Crippen molar-refractivity contribution in [2.75, 3.05) is 5.73 Å². The number of non-ortho nitro benzene ring substituents is 1. The van der Waals surface area contributed by atoms with Gasteiger partial charge in [-0.05, 0) is 12.1 Å². The molecule has 1 aromatic heterocycles. The summed E-state index contributed by atoms with van der Waals surface area (Å²) in [4.78, 5) is 26.4. The summed E-state index contributed by atoms with van der Waals surface area (Å²) in [5, 5.41) is 27.2. The quantitative estimate of drug-likeness (QED) is 0.436. The molecule has 0 radical (unpaired) electrons. The molecular weight excluding hydrogens is 268 g/mol. The zero-order valence-corrected chi connectivity index (χ0v) is 9.85. The number of aromatic nitrogens is 2. The summed E-state index contributed by atoms with van der Waals surface area (Å²) in [7, 11) is 0. The van der Waals surface area contributed by atoms with Crippen molar-refractivity contribution in [1.29, 1.82) is 0 Å². The van der Waals surface area contributed by atoms with Gasteiger partial charge in [0.2, 0.25) is 11.6 Å². The van der Waals surface area contributed by atoms with Crippen LogP contribution in [0.4, 0.5) is 23.0 Å². The summed E-state index contributed by atoms with van der Waals surface area (Å²) in [5.74, 6) is -1.12. The lowest BCUT2D eigenvalue weighted by molar-refractivity contribution is -0.384. The van der Waals surface area contributed by atoms with Crippen LogP contribution in [0.1, 0.15) is 0 Å². The van der Waals surface area contributed by atoms with Crippen molar-refractivity contribution in [3.8, 4) is 5.75 Å². The van der Waals surface area contributed by atoms with Crippen LogP contribution in [-0.4, -0.2) is 20.0 Å². The standard InChI is InChI=1S/C10H8N6O4/c11-8-7(17)9(13-10(18)12-8)15-14-5-1-3-6(4-2-5)16(19)20/h1-4,17H,(H3,11,12,13,18). The van der Waals surface area contributed by atoms with Gasteiger partial charge in [-0.1, -0.05) is 0 Å². The maximum Gasteiger partial charge on any atom is 0.348 e. The zero-order valence-electron chi connectivity index (χ0n) is 9.85. The molecule has 0 aliphatic rings. The van der Waals surface area contributed by atoms with E-state index >= 15 is 0 Å². The second-order valence-electron chi connectivity index (χ2n) is 3.60. The summed E-state index contributed by atoms with van der Waals surface area (Å²) < 4.78 is 0. The predicted molar refractivity (Wildman–Crippen MR) is 68.2 cm³/mol. The molecule has 0 aliphatic carbocycles. The van der Waals surface area contributed by atoms with Gasteiger partial charge in [0.05, 0.1) is 10.6 Å². The van der Waals surface area contributed by atoms with Crippen LogP contribution in [-0.2, 0) is 0 Å². The Morgan fingerprint density at radius 2 is 1.95 bits per heavy atom. The highest BCUT2D eigenvalue weighted by atomic mass is 16.6. The van der Waals surface area contributed by atoms with Crippen LogP contribution in [0.3, 0.4) is 0 Å². The molecular formula is C10H8N6O4. The second kappa shape index (κ2) is 5.14. The molecule has 10 nitrogen and oxygen atoms in total. The molecule has 10 heteroatoms. The third-order valence-corrected chi connectivity index (χ3v) is 2.24.